The molecule has 0 aliphatic carbocycles. The number of ether oxygens (including phenoxy) is 1. The summed E-state index contributed by atoms with van der Waals surface area (Å²) in [7, 11) is 0. The molecule has 0 saturated heterocycles. The van der Waals surface area contributed by atoms with Gasteiger partial charge in [-0.2, -0.15) is 11.8 Å². The van der Waals surface area contributed by atoms with Gasteiger partial charge in [0.05, 0.1) is 6.61 Å². The third kappa shape index (κ3) is 7.21. The number of hydrogen-bond acceptors (Lipinski definition) is 4. The highest BCUT2D eigenvalue weighted by Gasteiger charge is 2.11. The molecule has 0 bridgehead atoms. The van der Waals surface area contributed by atoms with Crippen molar-refractivity contribution >= 4 is 17.7 Å². The molecule has 0 aromatic heterocycles. The van der Waals surface area contributed by atoms with Gasteiger partial charge in [-0.05, 0) is 45.2 Å². The number of esters is 1. The molecule has 14 heavy (non-hydrogen) atoms. The fourth-order valence-electron chi connectivity index (χ4n) is 1.04. The van der Waals surface area contributed by atoms with Crippen LogP contribution in [0.3, 0.4) is 0 Å². The number of nitrogens with one attached hydrogen (secondary N) is 1. The van der Waals surface area contributed by atoms with Gasteiger partial charge in [0, 0.05) is 0 Å². The lowest BCUT2D eigenvalue weighted by Crippen LogP contribution is -2.35. The number of rotatable bonds is 8. The van der Waals surface area contributed by atoms with Crippen molar-refractivity contribution < 1.29 is 9.53 Å². The third-order valence-electron chi connectivity index (χ3n) is 1.87. The normalized spacial score (nSPS) is 12.5. The average Bonchev–Trinajstić information content (AvgIpc) is 2.17. The lowest BCUT2D eigenvalue weighted by molar-refractivity contribution is -0.145. The number of hydrogen-bond donors (Lipinski definition) is 1. The van der Waals surface area contributed by atoms with Crippen LogP contribution in [0.25, 0.3) is 0 Å². The number of carbonyl (C=O) groups excluding carboxylic acids is 1. The van der Waals surface area contributed by atoms with Crippen LogP contribution >= 0.6 is 11.8 Å². The molecule has 0 rings (SSSR count). The van der Waals surface area contributed by atoms with Crippen molar-refractivity contribution in [2.24, 2.45) is 0 Å². The maximum atomic E-state index is 11.2. The first-order valence-electron chi connectivity index (χ1n) is 5.11. The Hall–Kier alpha value is -0.220. The molecule has 0 heterocycles. The second-order valence-electron chi connectivity index (χ2n) is 3.13. The Balaban J connectivity index is 3.34. The van der Waals surface area contributed by atoms with E-state index >= 15 is 0 Å². The van der Waals surface area contributed by atoms with E-state index in [-0.39, 0.29) is 12.0 Å². The van der Waals surface area contributed by atoms with Gasteiger partial charge >= 0.3 is 5.97 Å². The minimum Gasteiger partial charge on any atom is -0.465 e. The molecule has 0 aliphatic rings. The van der Waals surface area contributed by atoms with Crippen molar-refractivity contribution in [3.8, 4) is 0 Å². The van der Waals surface area contributed by atoms with E-state index < -0.39 is 0 Å². The molecule has 4 heteroatoms. The summed E-state index contributed by atoms with van der Waals surface area (Å²) in [6.07, 6.45) is 4.42. The first-order valence-corrected chi connectivity index (χ1v) is 6.50. The molecule has 0 aliphatic heterocycles. The minimum absolute atomic E-state index is 0.155. The summed E-state index contributed by atoms with van der Waals surface area (Å²) in [5.41, 5.74) is 0. The van der Waals surface area contributed by atoms with E-state index in [9.17, 15) is 4.79 Å². The van der Waals surface area contributed by atoms with E-state index in [1.807, 2.05) is 25.6 Å². The second-order valence-corrected chi connectivity index (χ2v) is 4.11. The Kier molecular flexibility index (Phi) is 9.19. The van der Waals surface area contributed by atoms with Gasteiger partial charge in [0.15, 0.2) is 0 Å². The van der Waals surface area contributed by atoms with Crippen LogP contribution in [0.2, 0.25) is 0 Å². The highest BCUT2D eigenvalue weighted by molar-refractivity contribution is 7.98. The van der Waals surface area contributed by atoms with E-state index in [1.54, 1.807) is 0 Å². The number of carbonyl (C=O) groups is 1. The van der Waals surface area contributed by atoms with Crippen LogP contribution in [0.5, 0.6) is 0 Å². The van der Waals surface area contributed by atoms with Gasteiger partial charge in [-0.3, -0.25) is 4.79 Å². The fraction of sp³-hybridized carbons (Fsp3) is 0.900. The van der Waals surface area contributed by atoms with Crippen molar-refractivity contribution in [3.63, 3.8) is 0 Å². The van der Waals surface area contributed by atoms with Crippen molar-refractivity contribution in [3.05, 3.63) is 0 Å². The van der Waals surface area contributed by atoms with Gasteiger partial charge in [-0.25, -0.2) is 0 Å². The summed E-state index contributed by atoms with van der Waals surface area (Å²) in [4.78, 5) is 11.2. The minimum atomic E-state index is -0.177. The molecule has 84 valence electrons. The molecule has 1 N–H and O–H groups in total. The first-order chi connectivity index (χ1) is 6.72. The van der Waals surface area contributed by atoms with Crippen molar-refractivity contribution in [2.45, 2.75) is 32.7 Å². The standard InChI is InChI=1S/C10H21NO2S/c1-4-13-10(12)9(2)11-7-5-6-8-14-3/h9,11H,4-8H2,1-3H3. The quantitative estimate of drug-likeness (QED) is 0.498. The van der Waals surface area contributed by atoms with Crippen LogP contribution in [-0.2, 0) is 9.53 Å². The van der Waals surface area contributed by atoms with E-state index in [1.165, 1.54) is 12.2 Å². The summed E-state index contributed by atoms with van der Waals surface area (Å²) >= 11 is 1.86. The van der Waals surface area contributed by atoms with Crippen molar-refractivity contribution in [2.75, 3.05) is 25.2 Å². The van der Waals surface area contributed by atoms with Crippen LogP contribution in [0.15, 0.2) is 0 Å². The van der Waals surface area contributed by atoms with Gasteiger partial charge in [0.25, 0.3) is 0 Å². The van der Waals surface area contributed by atoms with Gasteiger partial charge in [0.1, 0.15) is 6.04 Å². The smallest absolute Gasteiger partial charge is 0.322 e. The molecule has 0 aromatic carbocycles. The molecule has 0 fully saturated rings. The molecule has 1 atom stereocenters. The zero-order valence-corrected chi connectivity index (χ0v) is 10.2. The lowest BCUT2D eigenvalue weighted by atomic mass is 10.3. The zero-order valence-electron chi connectivity index (χ0n) is 9.34. The molecule has 1 unspecified atom stereocenters. The maximum Gasteiger partial charge on any atom is 0.322 e. The van der Waals surface area contributed by atoms with Crippen molar-refractivity contribution in [1.82, 2.24) is 5.32 Å². The molecule has 0 amide bonds. The van der Waals surface area contributed by atoms with Gasteiger partial charge in [-0.15, -0.1) is 0 Å². The largest absolute Gasteiger partial charge is 0.465 e. The monoisotopic (exact) mass is 219 g/mol. The van der Waals surface area contributed by atoms with Crippen LogP contribution in [0.4, 0.5) is 0 Å². The van der Waals surface area contributed by atoms with Crippen molar-refractivity contribution in [1.29, 1.82) is 0 Å². The van der Waals surface area contributed by atoms with Gasteiger partial charge in [0.2, 0.25) is 0 Å². The zero-order chi connectivity index (χ0) is 10.8. The Morgan fingerprint density at radius 2 is 2.21 bits per heavy atom. The molecule has 0 radical (unpaired) electrons. The topological polar surface area (TPSA) is 38.3 Å². The Morgan fingerprint density at radius 1 is 1.50 bits per heavy atom. The SMILES string of the molecule is CCOC(=O)C(C)NCCCCSC. The Morgan fingerprint density at radius 3 is 2.79 bits per heavy atom. The predicted octanol–water partition coefficient (Wildman–Crippen LogP) is 1.67. The first kappa shape index (κ1) is 13.8. The van der Waals surface area contributed by atoms with Crippen LogP contribution in [0.1, 0.15) is 26.7 Å². The maximum absolute atomic E-state index is 11.2. The summed E-state index contributed by atoms with van der Waals surface area (Å²) in [5.74, 6) is 1.03. The van der Waals surface area contributed by atoms with E-state index in [0.29, 0.717) is 6.61 Å². The fourth-order valence-corrected chi connectivity index (χ4v) is 1.53. The average molecular weight is 219 g/mol. The molecule has 3 nitrogen and oxygen atoms in total. The Labute approximate surface area is 91.0 Å². The summed E-state index contributed by atoms with van der Waals surface area (Å²) in [6, 6.07) is -0.177. The summed E-state index contributed by atoms with van der Waals surface area (Å²) < 4.78 is 4.88. The van der Waals surface area contributed by atoms with Gasteiger partial charge < -0.3 is 10.1 Å². The summed E-state index contributed by atoms with van der Waals surface area (Å²) in [5, 5.41) is 3.14. The van der Waals surface area contributed by atoms with E-state index in [2.05, 4.69) is 11.6 Å². The number of thioether (sulfide) groups is 1. The summed E-state index contributed by atoms with van der Waals surface area (Å²) in [6.45, 7) is 5.01. The van der Waals surface area contributed by atoms with Gasteiger partial charge in [-0.1, -0.05) is 0 Å². The highest BCUT2D eigenvalue weighted by atomic mass is 32.2. The highest BCUT2D eigenvalue weighted by Crippen LogP contribution is 1.98. The third-order valence-corrected chi connectivity index (χ3v) is 2.56. The van der Waals surface area contributed by atoms with Crippen LogP contribution < -0.4 is 5.32 Å². The van der Waals surface area contributed by atoms with E-state index in [0.717, 1.165) is 13.0 Å². The molecule has 0 saturated carbocycles. The van der Waals surface area contributed by atoms with Crippen LogP contribution in [-0.4, -0.2) is 37.2 Å². The Bertz CT molecular complexity index is 153. The number of unbranched alkanes of at least 4 members (excludes halogenated alkanes) is 1. The van der Waals surface area contributed by atoms with E-state index in [4.69, 9.17) is 4.74 Å². The molecule has 0 aromatic rings. The lowest BCUT2D eigenvalue weighted by Gasteiger charge is -2.11. The molecular weight excluding hydrogens is 198 g/mol. The second kappa shape index (κ2) is 9.34. The predicted molar refractivity (Wildman–Crippen MR) is 61.7 cm³/mol. The molecule has 0 spiro atoms. The molecular formula is C10H21NO2S. The van der Waals surface area contributed by atoms with Crippen LogP contribution in [0, 0.1) is 0 Å².